The maximum Gasteiger partial charge on any atom is 0.338 e. The van der Waals surface area contributed by atoms with E-state index < -0.39 is 0 Å². The van der Waals surface area contributed by atoms with E-state index >= 15 is 0 Å². The summed E-state index contributed by atoms with van der Waals surface area (Å²) in [5, 5.41) is 0. The van der Waals surface area contributed by atoms with E-state index in [9.17, 15) is 4.79 Å². The number of carbonyl (C=O) groups is 1. The van der Waals surface area contributed by atoms with Crippen LogP contribution in [0.1, 0.15) is 28.8 Å². The van der Waals surface area contributed by atoms with Gasteiger partial charge >= 0.3 is 5.97 Å². The molecule has 3 nitrogen and oxygen atoms in total. The molecule has 0 aliphatic heterocycles. The average Bonchev–Trinajstić information content (AvgIpc) is 3.09. The maximum atomic E-state index is 11.6. The van der Waals surface area contributed by atoms with Crippen molar-refractivity contribution in [2.24, 2.45) is 5.73 Å². The molecule has 0 saturated heterocycles. The number of hydrogen-bond acceptors (Lipinski definition) is 3. The van der Waals surface area contributed by atoms with Crippen LogP contribution in [0.2, 0.25) is 0 Å². The number of esters is 1. The van der Waals surface area contributed by atoms with Gasteiger partial charge in [0.2, 0.25) is 0 Å². The molecule has 1 saturated carbocycles. The first-order valence-corrected chi connectivity index (χ1v) is 5.11. The molecule has 0 heterocycles. The van der Waals surface area contributed by atoms with Crippen LogP contribution in [-0.4, -0.2) is 19.6 Å². The first-order valence-electron chi connectivity index (χ1n) is 5.11. The molecule has 2 rings (SSSR count). The molecular formula is C12H15NO2. The fourth-order valence-corrected chi connectivity index (χ4v) is 1.97. The van der Waals surface area contributed by atoms with Gasteiger partial charge in [0, 0.05) is 12.0 Å². The Morgan fingerprint density at radius 1 is 1.47 bits per heavy atom. The van der Waals surface area contributed by atoms with E-state index in [1.165, 1.54) is 7.11 Å². The second-order valence-corrected chi connectivity index (χ2v) is 4.02. The Morgan fingerprint density at radius 3 is 2.67 bits per heavy atom. The third-order valence-corrected chi connectivity index (χ3v) is 3.15. The van der Waals surface area contributed by atoms with Crippen molar-refractivity contribution in [1.82, 2.24) is 0 Å². The second kappa shape index (κ2) is 3.66. The average molecular weight is 205 g/mol. The predicted molar refractivity (Wildman–Crippen MR) is 57.7 cm³/mol. The van der Waals surface area contributed by atoms with Gasteiger partial charge in [-0.25, -0.2) is 4.79 Å². The second-order valence-electron chi connectivity index (χ2n) is 4.02. The molecule has 80 valence electrons. The summed E-state index contributed by atoms with van der Waals surface area (Å²) in [6.07, 6.45) is 2.13. The smallest absolute Gasteiger partial charge is 0.338 e. The minimum absolute atomic E-state index is 0.0325. The zero-order valence-electron chi connectivity index (χ0n) is 8.82. The lowest BCUT2D eigenvalue weighted by Crippen LogP contribution is -2.22. The third kappa shape index (κ3) is 1.63. The highest BCUT2D eigenvalue weighted by Crippen LogP contribution is 2.48. The van der Waals surface area contributed by atoms with Crippen LogP contribution in [0.3, 0.4) is 0 Å². The molecule has 0 spiro atoms. The Balaban J connectivity index is 2.43. The molecule has 0 radical (unpaired) electrons. The van der Waals surface area contributed by atoms with Crippen molar-refractivity contribution in [3.63, 3.8) is 0 Å². The summed E-state index contributed by atoms with van der Waals surface area (Å²) in [6.45, 7) is 0.598. The molecule has 0 bridgehead atoms. The number of ether oxygens (including phenoxy) is 1. The van der Waals surface area contributed by atoms with Gasteiger partial charge in [-0.2, -0.15) is 0 Å². The van der Waals surface area contributed by atoms with E-state index in [0.29, 0.717) is 12.1 Å². The van der Waals surface area contributed by atoms with Gasteiger partial charge in [-0.05, 0) is 24.5 Å². The highest BCUT2D eigenvalue weighted by molar-refractivity contribution is 5.91. The van der Waals surface area contributed by atoms with E-state index in [-0.39, 0.29) is 11.4 Å². The molecule has 0 unspecified atom stereocenters. The van der Waals surface area contributed by atoms with Gasteiger partial charge in [0.1, 0.15) is 0 Å². The van der Waals surface area contributed by atoms with Crippen LogP contribution in [-0.2, 0) is 10.2 Å². The molecule has 1 aliphatic carbocycles. The Bertz CT molecular complexity index is 383. The molecule has 1 aromatic carbocycles. The van der Waals surface area contributed by atoms with Crippen molar-refractivity contribution in [3.8, 4) is 0 Å². The van der Waals surface area contributed by atoms with Crippen LogP contribution in [0.4, 0.5) is 0 Å². The van der Waals surface area contributed by atoms with E-state index in [2.05, 4.69) is 0 Å². The highest BCUT2D eigenvalue weighted by atomic mass is 16.5. The summed E-state index contributed by atoms with van der Waals surface area (Å²) in [5.74, 6) is -0.273. The zero-order valence-corrected chi connectivity index (χ0v) is 8.82. The summed E-state index contributed by atoms with van der Waals surface area (Å²) in [4.78, 5) is 11.6. The van der Waals surface area contributed by atoms with Gasteiger partial charge in [0.25, 0.3) is 0 Å². The lowest BCUT2D eigenvalue weighted by Gasteiger charge is -2.16. The molecule has 1 aromatic rings. The van der Waals surface area contributed by atoms with Crippen molar-refractivity contribution in [2.45, 2.75) is 18.3 Å². The summed E-state index contributed by atoms with van der Waals surface area (Å²) in [6, 6.07) is 7.57. The van der Waals surface area contributed by atoms with E-state index in [1.807, 2.05) is 18.2 Å². The summed E-state index contributed by atoms with van der Waals surface area (Å²) >= 11 is 0. The first-order chi connectivity index (χ1) is 7.23. The number of rotatable bonds is 3. The summed E-state index contributed by atoms with van der Waals surface area (Å²) in [7, 11) is 1.40. The van der Waals surface area contributed by atoms with Gasteiger partial charge in [-0.3, -0.25) is 0 Å². The van der Waals surface area contributed by atoms with Crippen LogP contribution in [0.5, 0.6) is 0 Å². The van der Waals surface area contributed by atoms with Crippen molar-refractivity contribution in [2.75, 3.05) is 13.7 Å². The van der Waals surface area contributed by atoms with Crippen LogP contribution >= 0.6 is 0 Å². The molecule has 1 fully saturated rings. The van der Waals surface area contributed by atoms with Crippen molar-refractivity contribution in [1.29, 1.82) is 0 Å². The Hall–Kier alpha value is -1.35. The molecule has 3 heteroatoms. The van der Waals surface area contributed by atoms with Crippen LogP contribution in [0.15, 0.2) is 24.3 Å². The molecule has 1 aliphatic rings. The highest BCUT2D eigenvalue weighted by Gasteiger charge is 2.44. The molecule has 2 N–H and O–H groups in total. The first kappa shape index (κ1) is 10.2. The van der Waals surface area contributed by atoms with Crippen LogP contribution in [0, 0.1) is 0 Å². The molecule has 0 atom stereocenters. The minimum atomic E-state index is -0.273. The van der Waals surface area contributed by atoms with Crippen LogP contribution in [0.25, 0.3) is 0 Å². The van der Waals surface area contributed by atoms with Crippen molar-refractivity contribution < 1.29 is 9.53 Å². The van der Waals surface area contributed by atoms with Crippen molar-refractivity contribution >= 4 is 5.97 Å². The lowest BCUT2D eigenvalue weighted by molar-refractivity contribution is 0.0598. The van der Waals surface area contributed by atoms with Crippen molar-refractivity contribution in [3.05, 3.63) is 35.4 Å². The molecule has 0 aromatic heterocycles. The molecule has 0 amide bonds. The Labute approximate surface area is 89.2 Å². The SMILES string of the molecule is COC(=O)c1ccccc1C1(CN)CC1. The Kier molecular flexibility index (Phi) is 2.49. The van der Waals surface area contributed by atoms with Crippen LogP contribution < -0.4 is 5.73 Å². The fraction of sp³-hybridized carbons (Fsp3) is 0.417. The fourth-order valence-electron chi connectivity index (χ4n) is 1.97. The quantitative estimate of drug-likeness (QED) is 0.760. The monoisotopic (exact) mass is 205 g/mol. The maximum absolute atomic E-state index is 11.6. The standard InChI is InChI=1S/C12H15NO2/c1-15-11(14)9-4-2-3-5-10(9)12(8-13)6-7-12/h2-5H,6-8,13H2,1H3. The topological polar surface area (TPSA) is 52.3 Å². The molecule has 15 heavy (non-hydrogen) atoms. The number of methoxy groups -OCH3 is 1. The number of hydrogen-bond donors (Lipinski definition) is 1. The summed E-state index contributed by atoms with van der Waals surface area (Å²) < 4.78 is 4.76. The summed E-state index contributed by atoms with van der Waals surface area (Å²) in [5.41, 5.74) is 7.49. The predicted octanol–water partition coefficient (Wildman–Crippen LogP) is 1.46. The number of nitrogens with two attached hydrogens (primary N) is 1. The van der Waals surface area contributed by atoms with Gasteiger partial charge in [0.15, 0.2) is 0 Å². The van der Waals surface area contributed by atoms with E-state index in [4.69, 9.17) is 10.5 Å². The minimum Gasteiger partial charge on any atom is -0.465 e. The lowest BCUT2D eigenvalue weighted by atomic mass is 9.91. The third-order valence-electron chi connectivity index (χ3n) is 3.15. The van der Waals surface area contributed by atoms with E-state index in [0.717, 1.165) is 18.4 Å². The largest absolute Gasteiger partial charge is 0.465 e. The van der Waals surface area contributed by atoms with Gasteiger partial charge < -0.3 is 10.5 Å². The Morgan fingerprint density at radius 2 is 2.13 bits per heavy atom. The van der Waals surface area contributed by atoms with Gasteiger partial charge in [-0.1, -0.05) is 18.2 Å². The number of carbonyl (C=O) groups excluding carboxylic acids is 1. The van der Waals surface area contributed by atoms with Gasteiger partial charge in [0.05, 0.1) is 12.7 Å². The zero-order chi connectivity index (χ0) is 10.9. The van der Waals surface area contributed by atoms with Gasteiger partial charge in [-0.15, -0.1) is 0 Å². The normalized spacial score (nSPS) is 17.2. The molecular weight excluding hydrogens is 190 g/mol. The number of benzene rings is 1. The van der Waals surface area contributed by atoms with E-state index in [1.54, 1.807) is 6.07 Å².